The van der Waals surface area contributed by atoms with E-state index >= 15 is 0 Å². The lowest BCUT2D eigenvalue weighted by Crippen LogP contribution is -2.31. The Morgan fingerprint density at radius 2 is 1.80 bits per heavy atom. The molecule has 0 aliphatic rings. The third-order valence-electron chi connectivity index (χ3n) is 3.62. The van der Waals surface area contributed by atoms with Gasteiger partial charge in [0.2, 0.25) is 0 Å². The van der Waals surface area contributed by atoms with Gasteiger partial charge in [0.05, 0.1) is 0 Å². The molecule has 0 heterocycles. The predicted octanol–water partition coefficient (Wildman–Crippen LogP) is 3.30. The van der Waals surface area contributed by atoms with Crippen molar-refractivity contribution >= 4 is 18.0 Å². The molecule has 0 aliphatic heterocycles. The van der Waals surface area contributed by atoms with Crippen LogP contribution in [0.3, 0.4) is 0 Å². The largest absolute Gasteiger partial charge is 0.452 e. The standard InChI is InChI=1S/C20H20FNO3/c1-15(16-7-3-2-4-8-16)13-22-19(23)14-25-20(24)12-11-17-9-5-6-10-18(17)21/h2-12,15H,13-14H2,1H3,(H,22,23)/b12-11+/t15-/m1/s1. The van der Waals surface area contributed by atoms with Crippen LogP contribution in [0.2, 0.25) is 0 Å². The molecule has 1 atom stereocenters. The Kier molecular flexibility index (Phi) is 6.89. The molecule has 2 aromatic rings. The van der Waals surface area contributed by atoms with Gasteiger partial charge in [0.15, 0.2) is 6.61 Å². The fourth-order valence-corrected chi connectivity index (χ4v) is 2.17. The van der Waals surface area contributed by atoms with E-state index in [1.165, 1.54) is 18.2 Å². The molecule has 0 fully saturated rings. The predicted molar refractivity (Wildman–Crippen MR) is 94.3 cm³/mol. The maximum absolute atomic E-state index is 13.4. The van der Waals surface area contributed by atoms with Crippen molar-refractivity contribution in [3.8, 4) is 0 Å². The first kappa shape index (κ1) is 18.4. The Labute approximate surface area is 146 Å². The van der Waals surface area contributed by atoms with Gasteiger partial charge in [0.25, 0.3) is 5.91 Å². The van der Waals surface area contributed by atoms with Gasteiger partial charge in [-0.3, -0.25) is 4.79 Å². The van der Waals surface area contributed by atoms with Crippen LogP contribution in [0, 0.1) is 5.82 Å². The van der Waals surface area contributed by atoms with Gasteiger partial charge in [-0.05, 0) is 23.6 Å². The van der Waals surface area contributed by atoms with E-state index in [0.29, 0.717) is 6.54 Å². The maximum Gasteiger partial charge on any atom is 0.331 e. The molecule has 130 valence electrons. The summed E-state index contributed by atoms with van der Waals surface area (Å²) in [6.45, 7) is 2.08. The zero-order chi connectivity index (χ0) is 18.1. The van der Waals surface area contributed by atoms with Crippen molar-refractivity contribution in [3.05, 3.63) is 77.6 Å². The Bertz CT molecular complexity index is 744. The summed E-state index contributed by atoms with van der Waals surface area (Å²) in [4.78, 5) is 23.3. The Morgan fingerprint density at radius 3 is 2.52 bits per heavy atom. The topological polar surface area (TPSA) is 55.4 Å². The van der Waals surface area contributed by atoms with Crippen molar-refractivity contribution < 1.29 is 18.7 Å². The Hall–Kier alpha value is -2.95. The lowest BCUT2D eigenvalue weighted by molar-refractivity contribution is -0.143. The highest BCUT2D eigenvalue weighted by Gasteiger charge is 2.09. The summed E-state index contributed by atoms with van der Waals surface area (Å²) >= 11 is 0. The van der Waals surface area contributed by atoms with Crippen LogP contribution in [0.25, 0.3) is 6.08 Å². The molecule has 0 spiro atoms. The molecule has 25 heavy (non-hydrogen) atoms. The molecule has 2 rings (SSSR count). The highest BCUT2D eigenvalue weighted by Crippen LogP contribution is 2.12. The molecule has 0 aromatic heterocycles. The average molecular weight is 341 g/mol. The fourth-order valence-electron chi connectivity index (χ4n) is 2.17. The number of nitrogens with one attached hydrogen (secondary N) is 1. The number of carbonyl (C=O) groups is 2. The first-order valence-electron chi connectivity index (χ1n) is 7.97. The van der Waals surface area contributed by atoms with E-state index < -0.39 is 11.8 Å². The molecular formula is C20H20FNO3. The molecule has 0 unspecified atom stereocenters. The van der Waals surface area contributed by atoms with E-state index in [0.717, 1.165) is 11.6 Å². The quantitative estimate of drug-likeness (QED) is 0.621. The van der Waals surface area contributed by atoms with Gasteiger partial charge in [0.1, 0.15) is 5.82 Å². The molecular weight excluding hydrogens is 321 g/mol. The number of ether oxygens (including phenoxy) is 1. The lowest BCUT2D eigenvalue weighted by Gasteiger charge is -2.12. The number of rotatable bonds is 7. The van der Waals surface area contributed by atoms with Gasteiger partial charge in [-0.1, -0.05) is 55.5 Å². The summed E-state index contributed by atoms with van der Waals surface area (Å²) in [5.74, 6) is -1.36. The van der Waals surface area contributed by atoms with E-state index in [1.807, 2.05) is 37.3 Å². The van der Waals surface area contributed by atoms with Crippen molar-refractivity contribution in [2.45, 2.75) is 12.8 Å². The van der Waals surface area contributed by atoms with Crippen molar-refractivity contribution in [2.24, 2.45) is 0 Å². The number of carbonyl (C=O) groups excluding carboxylic acids is 2. The summed E-state index contributed by atoms with van der Waals surface area (Å²) in [5.41, 5.74) is 1.40. The van der Waals surface area contributed by atoms with E-state index in [2.05, 4.69) is 5.32 Å². The van der Waals surface area contributed by atoms with Gasteiger partial charge < -0.3 is 10.1 Å². The van der Waals surface area contributed by atoms with Gasteiger partial charge in [0, 0.05) is 18.2 Å². The highest BCUT2D eigenvalue weighted by molar-refractivity contribution is 5.89. The number of hydrogen-bond acceptors (Lipinski definition) is 3. The molecule has 0 aliphatic carbocycles. The van der Waals surface area contributed by atoms with Crippen LogP contribution in [0.1, 0.15) is 24.0 Å². The van der Waals surface area contributed by atoms with Crippen molar-refractivity contribution in [1.82, 2.24) is 5.32 Å². The van der Waals surface area contributed by atoms with Gasteiger partial charge in [-0.15, -0.1) is 0 Å². The normalized spacial score (nSPS) is 11.9. The second-order valence-corrected chi connectivity index (χ2v) is 5.58. The number of hydrogen-bond donors (Lipinski definition) is 1. The van der Waals surface area contributed by atoms with E-state index in [-0.39, 0.29) is 24.0 Å². The molecule has 5 heteroatoms. The van der Waals surface area contributed by atoms with Crippen molar-refractivity contribution in [1.29, 1.82) is 0 Å². The van der Waals surface area contributed by atoms with Crippen LogP contribution in [-0.4, -0.2) is 25.0 Å². The molecule has 0 saturated carbocycles. The van der Waals surface area contributed by atoms with E-state index in [4.69, 9.17) is 4.74 Å². The molecule has 0 radical (unpaired) electrons. The fraction of sp³-hybridized carbons (Fsp3) is 0.200. The smallest absolute Gasteiger partial charge is 0.331 e. The third-order valence-corrected chi connectivity index (χ3v) is 3.62. The van der Waals surface area contributed by atoms with Crippen LogP contribution in [0.15, 0.2) is 60.7 Å². The summed E-state index contributed by atoms with van der Waals surface area (Å²) < 4.78 is 18.2. The van der Waals surface area contributed by atoms with Crippen LogP contribution >= 0.6 is 0 Å². The molecule has 0 saturated heterocycles. The minimum atomic E-state index is -0.700. The second kappa shape index (κ2) is 9.37. The van der Waals surface area contributed by atoms with Gasteiger partial charge in [-0.25, -0.2) is 9.18 Å². The monoisotopic (exact) mass is 341 g/mol. The van der Waals surface area contributed by atoms with E-state index in [1.54, 1.807) is 12.1 Å². The van der Waals surface area contributed by atoms with Crippen LogP contribution in [-0.2, 0) is 14.3 Å². The van der Waals surface area contributed by atoms with Crippen molar-refractivity contribution in [3.63, 3.8) is 0 Å². The van der Waals surface area contributed by atoms with Crippen molar-refractivity contribution in [2.75, 3.05) is 13.2 Å². The second-order valence-electron chi connectivity index (χ2n) is 5.58. The molecule has 1 amide bonds. The maximum atomic E-state index is 13.4. The number of amides is 1. The molecule has 4 nitrogen and oxygen atoms in total. The van der Waals surface area contributed by atoms with Crippen LogP contribution in [0.4, 0.5) is 4.39 Å². The molecule has 2 aromatic carbocycles. The van der Waals surface area contributed by atoms with Gasteiger partial charge in [-0.2, -0.15) is 0 Å². The Morgan fingerprint density at radius 1 is 1.12 bits per heavy atom. The summed E-state index contributed by atoms with van der Waals surface area (Å²) in [6.07, 6.45) is 2.41. The summed E-state index contributed by atoms with van der Waals surface area (Å²) in [6, 6.07) is 15.9. The first-order chi connectivity index (χ1) is 12.1. The molecule has 1 N–H and O–H groups in total. The van der Waals surface area contributed by atoms with Gasteiger partial charge >= 0.3 is 5.97 Å². The highest BCUT2D eigenvalue weighted by atomic mass is 19.1. The van der Waals surface area contributed by atoms with E-state index in [9.17, 15) is 14.0 Å². The summed E-state index contributed by atoms with van der Waals surface area (Å²) in [5, 5.41) is 2.72. The number of benzene rings is 2. The molecule has 0 bridgehead atoms. The van der Waals surface area contributed by atoms with Crippen LogP contribution in [0.5, 0.6) is 0 Å². The zero-order valence-corrected chi connectivity index (χ0v) is 13.9. The minimum Gasteiger partial charge on any atom is -0.452 e. The summed E-state index contributed by atoms with van der Waals surface area (Å²) in [7, 11) is 0. The number of esters is 1. The third kappa shape index (κ3) is 6.22. The Balaban J connectivity index is 1.72. The number of halogens is 1. The minimum absolute atomic E-state index is 0.154. The average Bonchev–Trinajstić information content (AvgIpc) is 2.64. The zero-order valence-electron chi connectivity index (χ0n) is 13.9. The SMILES string of the molecule is C[C@H](CNC(=O)COC(=O)/C=C/c1ccccc1F)c1ccccc1. The first-order valence-corrected chi connectivity index (χ1v) is 7.97. The lowest BCUT2D eigenvalue weighted by atomic mass is 10.0. The van der Waals surface area contributed by atoms with Crippen LogP contribution < -0.4 is 5.32 Å².